The smallest absolute Gasteiger partial charge is 0.306 e. The molecule has 0 spiro atoms. The van der Waals surface area contributed by atoms with Gasteiger partial charge in [0.2, 0.25) is 0 Å². The SMILES string of the molecule is CC\C=C/C=C\C=C/C=C\C=C/CCCCCC(=O)OCC(COC(=O)CCCCCCCCCCCCC)OC(=O)CCCCCCCCCCCCCCCCC. The summed E-state index contributed by atoms with van der Waals surface area (Å²) in [4.78, 5) is 37.9. The number of unbranched alkanes of at least 4 members (excludes halogenated alkanes) is 27. The van der Waals surface area contributed by atoms with E-state index in [2.05, 4.69) is 32.9 Å². The molecule has 0 bridgehead atoms. The molecule has 1 atom stereocenters. The van der Waals surface area contributed by atoms with Crippen molar-refractivity contribution in [3.05, 3.63) is 60.8 Å². The van der Waals surface area contributed by atoms with Crippen molar-refractivity contribution in [3.8, 4) is 0 Å². The predicted octanol–water partition coefficient (Wildman–Crippen LogP) is 16.1. The molecule has 0 aromatic carbocycles. The molecule has 0 rings (SSSR count). The Morgan fingerprint density at radius 2 is 0.661 bits per heavy atom. The molecule has 0 aliphatic carbocycles. The fourth-order valence-corrected chi connectivity index (χ4v) is 6.93. The van der Waals surface area contributed by atoms with E-state index in [9.17, 15) is 14.4 Å². The van der Waals surface area contributed by atoms with Gasteiger partial charge in [0, 0.05) is 19.3 Å². The van der Waals surface area contributed by atoms with Gasteiger partial charge in [-0.3, -0.25) is 14.4 Å². The van der Waals surface area contributed by atoms with Crippen LogP contribution in [0.2, 0.25) is 0 Å². The molecule has 6 nitrogen and oxygen atoms in total. The predicted molar refractivity (Wildman–Crippen MR) is 251 cm³/mol. The molecule has 0 aliphatic rings. The van der Waals surface area contributed by atoms with Gasteiger partial charge in [-0.25, -0.2) is 0 Å². The number of allylic oxidation sites excluding steroid dienone is 10. The third kappa shape index (κ3) is 46.0. The summed E-state index contributed by atoms with van der Waals surface area (Å²) in [5, 5.41) is 0. The Kier molecular flexibility index (Phi) is 45.4. The summed E-state index contributed by atoms with van der Waals surface area (Å²) in [7, 11) is 0. The second-order valence-electron chi connectivity index (χ2n) is 16.5. The van der Waals surface area contributed by atoms with Crippen molar-refractivity contribution in [3.63, 3.8) is 0 Å². The van der Waals surface area contributed by atoms with Crippen molar-refractivity contribution in [2.75, 3.05) is 13.2 Å². The van der Waals surface area contributed by atoms with Gasteiger partial charge in [-0.15, -0.1) is 0 Å². The number of ether oxygens (including phenoxy) is 3. The zero-order valence-corrected chi connectivity index (χ0v) is 38.8. The van der Waals surface area contributed by atoms with E-state index in [1.807, 2.05) is 48.6 Å². The molecule has 0 aromatic heterocycles. The highest BCUT2D eigenvalue weighted by Gasteiger charge is 2.19. The van der Waals surface area contributed by atoms with Gasteiger partial charge < -0.3 is 14.2 Å². The van der Waals surface area contributed by atoms with Crippen LogP contribution in [0.1, 0.15) is 239 Å². The lowest BCUT2D eigenvalue weighted by Crippen LogP contribution is -2.30. The van der Waals surface area contributed by atoms with E-state index < -0.39 is 6.10 Å². The molecule has 0 heterocycles. The van der Waals surface area contributed by atoms with Crippen LogP contribution in [-0.4, -0.2) is 37.2 Å². The molecule has 0 amide bonds. The van der Waals surface area contributed by atoms with E-state index in [1.165, 1.54) is 128 Å². The molecular weight excluding hydrogens is 733 g/mol. The summed E-state index contributed by atoms with van der Waals surface area (Å²) >= 11 is 0. The summed E-state index contributed by atoms with van der Waals surface area (Å²) < 4.78 is 16.7. The van der Waals surface area contributed by atoms with E-state index in [4.69, 9.17) is 14.2 Å². The van der Waals surface area contributed by atoms with E-state index >= 15 is 0 Å². The van der Waals surface area contributed by atoms with Gasteiger partial charge in [-0.05, 0) is 38.5 Å². The van der Waals surface area contributed by atoms with Crippen LogP contribution in [0.25, 0.3) is 0 Å². The molecule has 0 aromatic rings. The molecule has 0 aliphatic heterocycles. The Morgan fingerprint density at radius 1 is 0.356 bits per heavy atom. The van der Waals surface area contributed by atoms with Crippen molar-refractivity contribution >= 4 is 17.9 Å². The Labute approximate surface area is 364 Å². The first-order valence-electron chi connectivity index (χ1n) is 24.9. The van der Waals surface area contributed by atoms with Crippen LogP contribution in [0.5, 0.6) is 0 Å². The van der Waals surface area contributed by atoms with Crippen molar-refractivity contribution in [2.45, 2.75) is 245 Å². The second-order valence-corrected chi connectivity index (χ2v) is 16.5. The van der Waals surface area contributed by atoms with Crippen LogP contribution in [0, 0.1) is 0 Å². The fraction of sp³-hybridized carbons (Fsp3) is 0.755. The molecule has 0 saturated carbocycles. The van der Waals surface area contributed by atoms with Gasteiger partial charge >= 0.3 is 17.9 Å². The third-order valence-electron chi connectivity index (χ3n) is 10.7. The highest BCUT2D eigenvalue weighted by Crippen LogP contribution is 2.15. The van der Waals surface area contributed by atoms with Crippen molar-refractivity contribution in [1.82, 2.24) is 0 Å². The summed E-state index contributed by atoms with van der Waals surface area (Å²) in [5.41, 5.74) is 0. The minimum absolute atomic E-state index is 0.0850. The average molecular weight is 825 g/mol. The van der Waals surface area contributed by atoms with Gasteiger partial charge in [0.15, 0.2) is 6.10 Å². The van der Waals surface area contributed by atoms with Crippen LogP contribution in [0.4, 0.5) is 0 Å². The van der Waals surface area contributed by atoms with Crippen molar-refractivity contribution in [2.24, 2.45) is 0 Å². The second kappa shape index (κ2) is 47.8. The van der Waals surface area contributed by atoms with E-state index in [-0.39, 0.29) is 31.1 Å². The third-order valence-corrected chi connectivity index (χ3v) is 10.7. The van der Waals surface area contributed by atoms with E-state index in [0.29, 0.717) is 19.3 Å². The standard InChI is InChI=1S/C53H92O6/c1-4-7-10-13-16-19-22-24-26-28-31-34-37-40-43-46-52(55)58-49-50(48-57-51(54)45-42-39-36-33-30-21-18-15-12-9-6-3)59-53(56)47-44-41-38-35-32-29-27-25-23-20-17-14-11-8-5-2/h7,10,13,16,19,22,24,26,28,31,50H,4-6,8-9,11-12,14-15,17-18,20-21,23,25,27,29-30,32-49H2,1-3H3/b10-7-,16-13-,22-19-,26-24-,31-28-. The Balaban J connectivity index is 4.43. The molecule has 0 fully saturated rings. The van der Waals surface area contributed by atoms with E-state index in [0.717, 1.165) is 70.6 Å². The lowest BCUT2D eigenvalue weighted by Gasteiger charge is -2.18. The van der Waals surface area contributed by atoms with Crippen LogP contribution in [0.3, 0.4) is 0 Å². The van der Waals surface area contributed by atoms with Crippen LogP contribution in [-0.2, 0) is 28.6 Å². The monoisotopic (exact) mass is 825 g/mol. The van der Waals surface area contributed by atoms with Crippen molar-refractivity contribution in [1.29, 1.82) is 0 Å². The molecule has 0 radical (unpaired) electrons. The maximum Gasteiger partial charge on any atom is 0.306 e. The maximum atomic E-state index is 12.8. The number of rotatable bonds is 44. The summed E-state index contributed by atoms with van der Waals surface area (Å²) in [6, 6.07) is 0. The minimum Gasteiger partial charge on any atom is -0.462 e. The average Bonchev–Trinajstić information content (AvgIpc) is 3.23. The quantitative estimate of drug-likeness (QED) is 0.0263. The zero-order valence-electron chi connectivity index (χ0n) is 38.8. The first kappa shape index (κ1) is 56.1. The summed E-state index contributed by atoms with van der Waals surface area (Å²) in [6.45, 7) is 6.46. The number of carbonyl (C=O) groups is 3. The maximum absolute atomic E-state index is 12.8. The minimum atomic E-state index is -0.786. The van der Waals surface area contributed by atoms with Crippen LogP contribution < -0.4 is 0 Å². The largest absolute Gasteiger partial charge is 0.462 e. The van der Waals surface area contributed by atoms with Crippen LogP contribution >= 0.6 is 0 Å². The molecule has 0 N–H and O–H groups in total. The molecule has 6 heteroatoms. The first-order valence-corrected chi connectivity index (χ1v) is 24.9. The first-order chi connectivity index (χ1) is 29.0. The normalized spacial score (nSPS) is 12.5. The number of carbonyl (C=O) groups excluding carboxylic acids is 3. The van der Waals surface area contributed by atoms with Gasteiger partial charge in [0.1, 0.15) is 13.2 Å². The van der Waals surface area contributed by atoms with Crippen molar-refractivity contribution < 1.29 is 28.6 Å². The van der Waals surface area contributed by atoms with Gasteiger partial charge in [0.05, 0.1) is 0 Å². The highest BCUT2D eigenvalue weighted by molar-refractivity contribution is 5.71. The summed E-state index contributed by atoms with van der Waals surface area (Å²) in [6.07, 6.45) is 57.7. The highest BCUT2D eigenvalue weighted by atomic mass is 16.6. The number of hydrogen-bond donors (Lipinski definition) is 0. The van der Waals surface area contributed by atoms with Gasteiger partial charge in [0.25, 0.3) is 0 Å². The lowest BCUT2D eigenvalue weighted by molar-refractivity contribution is -0.167. The molecular formula is C53H92O6. The fourth-order valence-electron chi connectivity index (χ4n) is 6.93. The number of hydrogen-bond acceptors (Lipinski definition) is 6. The lowest BCUT2D eigenvalue weighted by atomic mass is 10.0. The van der Waals surface area contributed by atoms with Gasteiger partial charge in [-0.1, -0.05) is 242 Å². The van der Waals surface area contributed by atoms with E-state index in [1.54, 1.807) is 0 Å². The van der Waals surface area contributed by atoms with Crippen LogP contribution in [0.15, 0.2) is 60.8 Å². The Hall–Kier alpha value is -2.89. The number of esters is 3. The topological polar surface area (TPSA) is 78.9 Å². The molecule has 1 unspecified atom stereocenters. The van der Waals surface area contributed by atoms with Gasteiger partial charge in [-0.2, -0.15) is 0 Å². The molecule has 340 valence electrons. The Morgan fingerprint density at radius 3 is 1.03 bits per heavy atom. The Bertz CT molecular complexity index is 1090. The zero-order chi connectivity index (χ0) is 43.0. The summed E-state index contributed by atoms with van der Waals surface area (Å²) in [5.74, 6) is -0.924. The molecule has 59 heavy (non-hydrogen) atoms. The molecule has 0 saturated heterocycles.